The van der Waals surface area contributed by atoms with Crippen molar-refractivity contribution in [3.63, 3.8) is 0 Å². The third kappa shape index (κ3) is 4.14. The van der Waals surface area contributed by atoms with Crippen molar-refractivity contribution in [3.8, 4) is 0 Å². The minimum Gasteiger partial charge on any atom is -0.360 e. The van der Waals surface area contributed by atoms with Crippen LogP contribution in [0.3, 0.4) is 0 Å². The number of aryl methyl sites for hydroxylation is 2. The van der Waals surface area contributed by atoms with Crippen LogP contribution in [-0.4, -0.2) is 26.0 Å². The number of sulfonamides is 1. The van der Waals surface area contributed by atoms with Crippen LogP contribution in [0, 0.1) is 20.8 Å². The summed E-state index contributed by atoms with van der Waals surface area (Å²) in [5.41, 5.74) is 1.63. The Hall–Kier alpha value is -1.90. The molecule has 0 atom stereocenters. The van der Waals surface area contributed by atoms with Crippen LogP contribution in [0.25, 0.3) is 0 Å². The molecule has 0 radical (unpaired) electrons. The van der Waals surface area contributed by atoms with E-state index < -0.39 is 10.0 Å². The Labute approximate surface area is 145 Å². The van der Waals surface area contributed by atoms with E-state index in [-0.39, 0.29) is 35.2 Å². The van der Waals surface area contributed by atoms with Gasteiger partial charge in [-0.15, -0.1) is 0 Å². The highest BCUT2D eigenvalue weighted by Crippen LogP contribution is 2.23. The summed E-state index contributed by atoms with van der Waals surface area (Å²) in [6.45, 7) is 4.80. The zero-order chi connectivity index (χ0) is 17.9. The van der Waals surface area contributed by atoms with Crippen LogP contribution in [-0.2, 0) is 14.8 Å². The highest BCUT2D eigenvalue weighted by molar-refractivity contribution is 7.89. The van der Waals surface area contributed by atoms with E-state index >= 15 is 0 Å². The third-order valence-corrected chi connectivity index (χ3v) is 5.54. The predicted octanol–water partition coefficient (Wildman–Crippen LogP) is 2.56. The van der Waals surface area contributed by atoms with Crippen LogP contribution < -0.4 is 10.0 Å². The van der Waals surface area contributed by atoms with Crippen molar-refractivity contribution in [3.05, 3.63) is 40.2 Å². The first kappa shape index (κ1) is 18.4. The van der Waals surface area contributed by atoms with E-state index in [9.17, 15) is 13.2 Å². The van der Waals surface area contributed by atoms with Gasteiger partial charge in [0.05, 0.1) is 0 Å². The fraction of sp³-hybridized carbons (Fsp3) is 0.333. The van der Waals surface area contributed by atoms with Gasteiger partial charge in [-0.25, -0.2) is 13.1 Å². The fourth-order valence-electron chi connectivity index (χ4n) is 2.18. The number of benzene rings is 1. The molecule has 0 aliphatic rings. The summed E-state index contributed by atoms with van der Waals surface area (Å²) in [6.07, 6.45) is -0.0193. The molecule has 0 bridgehead atoms. The second-order valence-electron chi connectivity index (χ2n) is 5.26. The Morgan fingerprint density at radius 1 is 1.29 bits per heavy atom. The van der Waals surface area contributed by atoms with Gasteiger partial charge in [-0.3, -0.25) is 4.79 Å². The SMILES string of the molecule is Cc1noc(C)c1S(=O)(=O)NCCC(=O)Nc1cccc(Cl)c1C. The quantitative estimate of drug-likeness (QED) is 0.812. The lowest BCUT2D eigenvalue weighted by Crippen LogP contribution is -2.28. The highest BCUT2D eigenvalue weighted by atomic mass is 35.5. The summed E-state index contributed by atoms with van der Waals surface area (Å²) in [7, 11) is -3.77. The molecule has 0 spiro atoms. The first-order chi connectivity index (χ1) is 11.2. The van der Waals surface area contributed by atoms with E-state index in [1.807, 2.05) is 0 Å². The lowest BCUT2D eigenvalue weighted by molar-refractivity contribution is -0.116. The number of anilines is 1. The first-order valence-electron chi connectivity index (χ1n) is 7.20. The largest absolute Gasteiger partial charge is 0.360 e. The molecule has 0 aliphatic carbocycles. The van der Waals surface area contributed by atoms with Gasteiger partial charge in [-0.1, -0.05) is 22.8 Å². The van der Waals surface area contributed by atoms with Crippen molar-refractivity contribution < 1.29 is 17.7 Å². The van der Waals surface area contributed by atoms with Crippen molar-refractivity contribution >= 4 is 33.2 Å². The van der Waals surface area contributed by atoms with E-state index in [0.717, 1.165) is 5.56 Å². The Kier molecular flexibility index (Phi) is 5.63. The van der Waals surface area contributed by atoms with Gasteiger partial charge in [0.25, 0.3) is 0 Å². The van der Waals surface area contributed by atoms with Gasteiger partial charge < -0.3 is 9.84 Å². The molecule has 0 saturated carbocycles. The minimum atomic E-state index is -3.77. The Balaban J connectivity index is 1.94. The van der Waals surface area contributed by atoms with Gasteiger partial charge in [-0.05, 0) is 38.5 Å². The van der Waals surface area contributed by atoms with E-state index in [1.54, 1.807) is 32.0 Å². The van der Waals surface area contributed by atoms with Crippen LogP contribution in [0.15, 0.2) is 27.6 Å². The molecule has 2 aromatic rings. The summed E-state index contributed by atoms with van der Waals surface area (Å²) in [4.78, 5) is 12.0. The highest BCUT2D eigenvalue weighted by Gasteiger charge is 2.23. The first-order valence-corrected chi connectivity index (χ1v) is 9.06. The monoisotopic (exact) mass is 371 g/mol. The van der Waals surface area contributed by atoms with Gasteiger partial charge >= 0.3 is 0 Å². The van der Waals surface area contributed by atoms with Gasteiger partial charge in [0.15, 0.2) is 5.76 Å². The average molecular weight is 372 g/mol. The minimum absolute atomic E-state index is 0.00796. The van der Waals surface area contributed by atoms with Gasteiger partial charge in [0.2, 0.25) is 15.9 Å². The maximum Gasteiger partial charge on any atom is 0.245 e. The van der Waals surface area contributed by atoms with Crippen molar-refractivity contribution in [2.75, 3.05) is 11.9 Å². The molecule has 0 fully saturated rings. The Bertz CT molecular complexity index is 842. The summed E-state index contributed by atoms with van der Waals surface area (Å²) in [5.74, 6) is -0.110. The van der Waals surface area contributed by atoms with Gasteiger partial charge in [-0.2, -0.15) is 0 Å². The van der Waals surface area contributed by atoms with Gasteiger partial charge in [0.1, 0.15) is 10.6 Å². The number of aromatic nitrogens is 1. The van der Waals surface area contributed by atoms with Crippen molar-refractivity contribution in [2.45, 2.75) is 32.1 Å². The van der Waals surface area contributed by atoms with E-state index in [1.165, 1.54) is 6.92 Å². The Morgan fingerprint density at radius 3 is 2.62 bits per heavy atom. The molecule has 2 rings (SSSR count). The third-order valence-electron chi connectivity index (χ3n) is 3.42. The van der Waals surface area contributed by atoms with E-state index in [2.05, 4.69) is 15.2 Å². The summed E-state index contributed by atoms with van der Waals surface area (Å²) in [5, 5.41) is 6.87. The second-order valence-corrected chi connectivity index (χ2v) is 7.37. The second kappa shape index (κ2) is 7.33. The van der Waals surface area contributed by atoms with Crippen molar-refractivity contribution in [1.29, 1.82) is 0 Å². The molecular weight excluding hydrogens is 354 g/mol. The summed E-state index contributed by atoms with van der Waals surface area (Å²) < 4.78 is 31.6. The smallest absolute Gasteiger partial charge is 0.245 e. The molecule has 7 nitrogen and oxygen atoms in total. The topological polar surface area (TPSA) is 101 Å². The Morgan fingerprint density at radius 2 is 2.00 bits per heavy atom. The molecule has 130 valence electrons. The van der Waals surface area contributed by atoms with Crippen LogP contribution in [0.1, 0.15) is 23.4 Å². The standard InChI is InChI=1S/C15H18ClN3O4S/c1-9-12(16)5-4-6-13(9)18-14(20)7-8-17-24(21,22)15-10(2)19-23-11(15)3/h4-6,17H,7-8H2,1-3H3,(H,18,20). The number of amides is 1. The number of hydrogen-bond acceptors (Lipinski definition) is 5. The van der Waals surface area contributed by atoms with E-state index in [0.29, 0.717) is 10.7 Å². The summed E-state index contributed by atoms with van der Waals surface area (Å²) in [6, 6.07) is 5.18. The molecule has 1 aromatic carbocycles. The number of rotatable bonds is 6. The van der Waals surface area contributed by atoms with Crippen LogP contribution in [0.5, 0.6) is 0 Å². The maximum atomic E-state index is 12.2. The molecule has 1 amide bonds. The number of halogens is 1. The average Bonchev–Trinajstić information content (AvgIpc) is 2.83. The van der Waals surface area contributed by atoms with Gasteiger partial charge in [0, 0.05) is 23.7 Å². The normalized spacial score (nSPS) is 11.5. The van der Waals surface area contributed by atoms with E-state index in [4.69, 9.17) is 16.1 Å². The molecule has 0 aliphatic heterocycles. The molecular formula is C15H18ClN3O4S. The van der Waals surface area contributed by atoms with Crippen LogP contribution in [0.2, 0.25) is 5.02 Å². The lowest BCUT2D eigenvalue weighted by Gasteiger charge is -2.10. The van der Waals surface area contributed by atoms with Crippen LogP contribution >= 0.6 is 11.6 Å². The molecule has 9 heteroatoms. The van der Waals surface area contributed by atoms with Crippen LogP contribution in [0.4, 0.5) is 5.69 Å². The fourth-order valence-corrected chi connectivity index (χ4v) is 3.72. The predicted molar refractivity (Wildman–Crippen MR) is 90.6 cm³/mol. The number of carbonyl (C=O) groups is 1. The summed E-state index contributed by atoms with van der Waals surface area (Å²) >= 11 is 5.99. The number of nitrogens with one attached hydrogen (secondary N) is 2. The zero-order valence-electron chi connectivity index (χ0n) is 13.5. The number of nitrogens with zero attached hydrogens (tertiary/aromatic N) is 1. The maximum absolute atomic E-state index is 12.2. The molecule has 0 unspecified atom stereocenters. The molecule has 2 N–H and O–H groups in total. The molecule has 1 aromatic heterocycles. The van der Waals surface area contributed by atoms with Crippen molar-refractivity contribution in [1.82, 2.24) is 9.88 Å². The molecule has 24 heavy (non-hydrogen) atoms. The van der Waals surface area contributed by atoms with Crippen molar-refractivity contribution in [2.24, 2.45) is 0 Å². The molecule has 0 saturated heterocycles. The molecule has 1 heterocycles. The zero-order valence-corrected chi connectivity index (χ0v) is 15.1. The number of hydrogen-bond donors (Lipinski definition) is 2. The number of carbonyl (C=O) groups excluding carboxylic acids is 1. The lowest BCUT2D eigenvalue weighted by atomic mass is 10.2.